The van der Waals surface area contributed by atoms with Gasteiger partial charge in [0.1, 0.15) is 17.9 Å². The Hall–Kier alpha value is -3.08. The number of para-hydroxylation sites is 1. The number of fused-ring (bicyclic) bond motifs is 1. The number of rotatable bonds is 6. The molecule has 0 aliphatic heterocycles. The highest BCUT2D eigenvalue weighted by atomic mass is 16.5. The highest BCUT2D eigenvalue weighted by molar-refractivity contribution is 5.84. The van der Waals surface area contributed by atoms with Crippen molar-refractivity contribution < 1.29 is 18.7 Å². The fourth-order valence-electron chi connectivity index (χ4n) is 3.02. The molecule has 27 heavy (non-hydrogen) atoms. The van der Waals surface area contributed by atoms with Gasteiger partial charge in [-0.05, 0) is 43.0 Å². The van der Waals surface area contributed by atoms with E-state index < -0.39 is 5.63 Å². The largest absolute Gasteiger partial charge is 0.496 e. The van der Waals surface area contributed by atoms with Gasteiger partial charge in [-0.25, -0.2) is 4.79 Å². The number of ether oxygens (including phenoxy) is 2. The minimum absolute atomic E-state index is 0.0371. The lowest BCUT2D eigenvalue weighted by Gasteiger charge is -2.10. The average molecular weight is 366 g/mol. The summed E-state index contributed by atoms with van der Waals surface area (Å²) in [6.45, 7) is 3.90. The van der Waals surface area contributed by atoms with Crippen LogP contribution in [0.1, 0.15) is 28.7 Å². The van der Waals surface area contributed by atoms with E-state index in [-0.39, 0.29) is 19.0 Å². The summed E-state index contributed by atoms with van der Waals surface area (Å²) in [5, 5.41) is 0.787. The second-order valence-corrected chi connectivity index (χ2v) is 6.45. The van der Waals surface area contributed by atoms with Crippen LogP contribution in [0.15, 0.2) is 51.7 Å². The molecule has 0 aliphatic rings. The Balaban J connectivity index is 1.70. The summed E-state index contributed by atoms with van der Waals surface area (Å²) >= 11 is 0. The maximum Gasteiger partial charge on any atom is 0.336 e. The third-order valence-electron chi connectivity index (χ3n) is 4.70. The molecular formula is C22H22O5. The summed E-state index contributed by atoms with van der Waals surface area (Å²) < 4.78 is 16.0. The summed E-state index contributed by atoms with van der Waals surface area (Å²) in [6.07, 6.45) is 0.761. The van der Waals surface area contributed by atoms with Gasteiger partial charge in [0.05, 0.1) is 7.11 Å². The van der Waals surface area contributed by atoms with Crippen LogP contribution in [0.2, 0.25) is 0 Å². The molecule has 0 radical (unpaired) electrons. The normalized spacial score (nSPS) is 10.8. The van der Waals surface area contributed by atoms with Crippen LogP contribution in [0.5, 0.6) is 5.75 Å². The fraction of sp³-hybridized carbons (Fsp3) is 0.273. The maximum absolute atomic E-state index is 12.2. The number of hydrogen-bond acceptors (Lipinski definition) is 5. The van der Waals surface area contributed by atoms with E-state index in [4.69, 9.17) is 13.9 Å². The standard InChI is InChI=1S/C22H22O5/c1-14-8-10-18-17(12-21(24)27-22(18)15(14)2)13-26-20(23)11-9-16-6-4-5-7-19(16)25-3/h4-8,10,12H,9,11,13H2,1-3H3. The van der Waals surface area contributed by atoms with Crippen molar-refractivity contribution in [1.29, 1.82) is 0 Å². The average Bonchev–Trinajstić information content (AvgIpc) is 2.67. The predicted octanol–water partition coefficient (Wildman–Crippen LogP) is 4.09. The predicted molar refractivity (Wildman–Crippen MR) is 103 cm³/mol. The molecule has 2 aromatic carbocycles. The zero-order chi connectivity index (χ0) is 19.4. The molecule has 3 rings (SSSR count). The number of esters is 1. The van der Waals surface area contributed by atoms with Gasteiger partial charge in [0, 0.05) is 23.4 Å². The van der Waals surface area contributed by atoms with Crippen molar-refractivity contribution in [3.05, 3.63) is 75.1 Å². The van der Waals surface area contributed by atoms with E-state index in [2.05, 4.69) is 0 Å². The van der Waals surface area contributed by atoms with Crippen LogP contribution in [0, 0.1) is 13.8 Å². The fourth-order valence-corrected chi connectivity index (χ4v) is 3.02. The highest BCUT2D eigenvalue weighted by Gasteiger charge is 2.12. The van der Waals surface area contributed by atoms with Gasteiger partial charge in [-0.1, -0.05) is 30.3 Å². The number of aryl methyl sites for hydroxylation is 3. The van der Waals surface area contributed by atoms with E-state index in [1.54, 1.807) is 7.11 Å². The first-order chi connectivity index (χ1) is 13.0. The Kier molecular flexibility index (Phi) is 5.60. The minimum Gasteiger partial charge on any atom is -0.496 e. The first-order valence-electron chi connectivity index (χ1n) is 8.80. The lowest BCUT2D eigenvalue weighted by Crippen LogP contribution is -2.09. The molecule has 0 N–H and O–H groups in total. The van der Waals surface area contributed by atoms with Crippen LogP contribution in [0.4, 0.5) is 0 Å². The van der Waals surface area contributed by atoms with Crippen LogP contribution in [-0.2, 0) is 22.6 Å². The lowest BCUT2D eigenvalue weighted by molar-refractivity contribution is -0.144. The van der Waals surface area contributed by atoms with Gasteiger partial charge in [-0.15, -0.1) is 0 Å². The maximum atomic E-state index is 12.2. The molecule has 0 atom stereocenters. The number of benzene rings is 2. The summed E-state index contributed by atoms with van der Waals surface area (Å²) in [7, 11) is 1.60. The van der Waals surface area contributed by atoms with Crippen LogP contribution < -0.4 is 10.4 Å². The van der Waals surface area contributed by atoms with Gasteiger partial charge in [-0.2, -0.15) is 0 Å². The van der Waals surface area contributed by atoms with E-state index in [0.29, 0.717) is 17.6 Å². The molecule has 1 aromatic heterocycles. The number of carbonyl (C=O) groups is 1. The quantitative estimate of drug-likeness (QED) is 0.485. The molecule has 0 unspecified atom stereocenters. The van der Waals surface area contributed by atoms with Gasteiger partial charge in [0.15, 0.2) is 0 Å². The molecule has 0 bridgehead atoms. The highest BCUT2D eigenvalue weighted by Crippen LogP contribution is 2.24. The van der Waals surface area contributed by atoms with Crippen LogP contribution in [0.25, 0.3) is 11.0 Å². The smallest absolute Gasteiger partial charge is 0.336 e. The first kappa shape index (κ1) is 18.7. The first-order valence-corrected chi connectivity index (χ1v) is 8.80. The molecule has 0 saturated heterocycles. The van der Waals surface area contributed by atoms with Crippen molar-refractivity contribution in [3.63, 3.8) is 0 Å². The van der Waals surface area contributed by atoms with Gasteiger partial charge >= 0.3 is 11.6 Å². The van der Waals surface area contributed by atoms with Crippen molar-refractivity contribution in [2.75, 3.05) is 7.11 Å². The molecule has 1 heterocycles. The van der Waals surface area contributed by atoms with Crippen molar-refractivity contribution >= 4 is 16.9 Å². The number of hydrogen-bond donors (Lipinski definition) is 0. The van der Waals surface area contributed by atoms with E-state index in [1.165, 1.54) is 6.07 Å². The van der Waals surface area contributed by atoms with Crippen molar-refractivity contribution in [3.8, 4) is 5.75 Å². The van der Waals surface area contributed by atoms with Crippen molar-refractivity contribution in [2.45, 2.75) is 33.3 Å². The Morgan fingerprint density at radius 2 is 1.85 bits per heavy atom. The van der Waals surface area contributed by atoms with Gasteiger partial charge in [0.2, 0.25) is 0 Å². The molecule has 0 saturated carbocycles. The van der Waals surface area contributed by atoms with Crippen molar-refractivity contribution in [1.82, 2.24) is 0 Å². The van der Waals surface area contributed by atoms with Gasteiger partial charge in [0.25, 0.3) is 0 Å². The van der Waals surface area contributed by atoms with Crippen LogP contribution in [0.3, 0.4) is 0 Å². The molecule has 140 valence electrons. The molecule has 5 heteroatoms. The summed E-state index contributed by atoms with van der Waals surface area (Å²) in [4.78, 5) is 24.0. The van der Waals surface area contributed by atoms with Crippen LogP contribution >= 0.6 is 0 Å². The summed E-state index contributed by atoms with van der Waals surface area (Å²) in [5.41, 5.74) is 3.65. The van der Waals surface area contributed by atoms with E-state index in [0.717, 1.165) is 27.8 Å². The van der Waals surface area contributed by atoms with E-state index in [9.17, 15) is 9.59 Å². The lowest BCUT2D eigenvalue weighted by atomic mass is 10.0. The number of methoxy groups -OCH3 is 1. The molecule has 0 amide bonds. The molecule has 0 spiro atoms. The third kappa shape index (κ3) is 4.19. The second-order valence-electron chi connectivity index (χ2n) is 6.45. The Labute approximate surface area is 157 Å². The van der Waals surface area contributed by atoms with Gasteiger partial charge < -0.3 is 13.9 Å². The third-order valence-corrected chi connectivity index (χ3v) is 4.70. The van der Waals surface area contributed by atoms with Crippen molar-refractivity contribution in [2.24, 2.45) is 0 Å². The molecule has 3 aromatic rings. The minimum atomic E-state index is -0.448. The van der Waals surface area contributed by atoms with Crippen LogP contribution in [-0.4, -0.2) is 13.1 Å². The monoisotopic (exact) mass is 366 g/mol. The van der Waals surface area contributed by atoms with E-state index >= 15 is 0 Å². The SMILES string of the molecule is COc1ccccc1CCC(=O)OCc1cc(=O)oc2c(C)c(C)ccc12. The summed E-state index contributed by atoms with van der Waals surface area (Å²) in [5.74, 6) is 0.425. The second kappa shape index (κ2) is 8.08. The Morgan fingerprint density at radius 3 is 2.63 bits per heavy atom. The topological polar surface area (TPSA) is 65.7 Å². The zero-order valence-electron chi connectivity index (χ0n) is 15.7. The summed E-state index contributed by atoms with van der Waals surface area (Å²) in [6, 6.07) is 12.8. The number of carbonyl (C=O) groups excluding carboxylic acids is 1. The zero-order valence-corrected chi connectivity index (χ0v) is 15.7. The molecule has 0 fully saturated rings. The molecule has 5 nitrogen and oxygen atoms in total. The molecule has 0 aliphatic carbocycles. The van der Waals surface area contributed by atoms with Gasteiger partial charge in [-0.3, -0.25) is 4.79 Å². The molecular weight excluding hydrogens is 344 g/mol. The Bertz CT molecular complexity index is 1030. The van der Waals surface area contributed by atoms with E-state index in [1.807, 2.05) is 50.2 Å². The Morgan fingerprint density at radius 1 is 1.07 bits per heavy atom.